The Balaban J connectivity index is 2.62. The van der Waals surface area contributed by atoms with Crippen LogP contribution in [-0.4, -0.2) is 6.04 Å². The third-order valence-corrected chi connectivity index (χ3v) is 4.43. The van der Waals surface area contributed by atoms with E-state index in [1.165, 1.54) is 37.0 Å². The first-order chi connectivity index (χ1) is 8.69. The van der Waals surface area contributed by atoms with Crippen LogP contribution < -0.4 is 5.32 Å². The van der Waals surface area contributed by atoms with Crippen LogP contribution in [0.3, 0.4) is 0 Å². The normalized spacial score (nSPS) is 14.9. The Labute approximate surface area is 117 Å². The molecule has 1 aromatic rings. The molecule has 2 unspecified atom stereocenters. The van der Waals surface area contributed by atoms with Gasteiger partial charge in [-0.1, -0.05) is 53.0 Å². The van der Waals surface area contributed by atoms with E-state index >= 15 is 0 Å². The summed E-state index contributed by atoms with van der Waals surface area (Å²) < 4.78 is 0. The van der Waals surface area contributed by atoms with Gasteiger partial charge in [0.2, 0.25) is 0 Å². The van der Waals surface area contributed by atoms with E-state index in [0.29, 0.717) is 18.0 Å². The first-order valence-electron chi connectivity index (χ1n) is 7.48. The van der Waals surface area contributed by atoms with Crippen molar-refractivity contribution in [1.29, 1.82) is 0 Å². The molecule has 0 aliphatic heterocycles. The average Bonchev–Trinajstić information content (AvgIpc) is 2.85. The predicted octanol–water partition coefficient (Wildman–Crippen LogP) is 5.39. The lowest BCUT2D eigenvalue weighted by atomic mass is 9.98. The van der Waals surface area contributed by atoms with E-state index in [1.54, 1.807) is 0 Å². The van der Waals surface area contributed by atoms with Gasteiger partial charge in [-0.25, -0.2) is 0 Å². The standard InChI is InChI=1S/C16H29NS/c1-5-7-10-14(9-6-2)17-16(13(3)4)15-11-8-12-18-15/h8,11-14,16-17H,5-7,9-10H2,1-4H3. The Kier molecular flexibility index (Phi) is 7.60. The van der Waals surface area contributed by atoms with Gasteiger partial charge in [0.25, 0.3) is 0 Å². The highest BCUT2D eigenvalue weighted by molar-refractivity contribution is 7.10. The molecule has 0 saturated carbocycles. The SMILES string of the molecule is CCCCC(CCC)NC(c1cccs1)C(C)C. The quantitative estimate of drug-likeness (QED) is 0.632. The number of hydrogen-bond acceptors (Lipinski definition) is 2. The highest BCUT2D eigenvalue weighted by atomic mass is 32.1. The zero-order chi connectivity index (χ0) is 13.4. The lowest BCUT2D eigenvalue weighted by Gasteiger charge is -2.28. The minimum atomic E-state index is 0.526. The average molecular weight is 267 g/mol. The van der Waals surface area contributed by atoms with Crippen molar-refractivity contribution < 1.29 is 0 Å². The van der Waals surface area contributed by atoms with Crippen molar-refractivity contribution in [3.8, 4) is 0 Å². The van der Waals surface area contributed by atoms with Crippen LogP contribution in [0.2, 0.25) is 0 Å². The van der Waals surface area contributed by atoms with Crippen molar-refractivity contribution >= 4 is 11.3 Å². The van der Waals surface area contributed by atoms with E-state index in [4.69, 9.17) is 0 Å². The van der Waals surface area contributed by atoms with Crippen LogP contribution in [0.5, 0.6) is 0 Å². The summed E-state index contributed by atoms with van der Waals surface area (Å²) in [7, 11) is 0. The Hall–Kier alpha value is -0.340. The minimum Gasteiger partial charge on any atom is -0.306 e. The van der Waals surface area contributed by atoms with E-state index in [2.05, 4.69) is 50.5 Å². The fourth-order valence-corrected chi connectivity index (χ4v) is 3.39. The molecule has 0 aliphatic rings. The molecule has 0 saturated heterocycles. The lowest BCUT2D eigenvalue weighted by molar-refractivity contribution is 0.332. The van der Waals surface area contributed by atoms with Gasteiger partial charge in [-0.2, -0.15) is 0 Å². The maximum absolute atomic E-state index is 3.90. The summed E-state index contributed by atoms with van der Waals surface area (Å²) in [5, 5.41) is 6.09. The van der Waals surface area contributed by atoms with E-state index in [9.17, 15) is 0 Å². The summed E-state index contributed by atoms with van der Waals surface area (Å²) in [5.74, 6) is 0.657. The first-order valence-corrected chi connectivity index (χ1v) is 8.36. The third-order valence-electron chi connectivity index (χ3n) is 3.47. The third kappa shape index (κ3) is 5.11. The Morgan fingerprint density at radius 1 is 1.17 bits per heavy atom. The zero-order valence-electron chi connectivity index (χ0n) is 12.4. The Morgan fingerprint density at radius 2 is 1.94 bits per heavy atom. The van der Waals surface area contributed by atoms with Crippen LogP contribution in [0, 0.1) is 5.92 Å². The zero-order valence-corrected chi connectivity index (χ0v) is 13.2. The van der Waals surface area contributed by atoms with Crippen LogP contribution >= 0.6 is 11.3 Å². The summed E-state index contributed by atoms with van der Waals surface area (Å²) in [6.45, 7) is 9.21. The molecule has 0 aromatic carbocycles. The molecule has 0 radical (unpaired) electrons. The van der Waals surface area contributed by atoms with Crippen molar-refractivity contribution in [3.05, 3.63) is 22.4 Å². The van der Waals surface area contributed by atoms with Gasteiger partial charge in [0, 0.05) is 17.0 Å². The second-order valence-electron chi connectivity index (χ2n) is 5.53. The molecule has 1 N–H and O–H groups in total. The topological polar surface area (TPSA) is 12.0 Å². The van der Waals surface area contributed by atoms with Crippen LogP contribution in [0.15, 0.2) is 17.5 Å². The number of thiophene rings is 1. The molecule has 0 aliphatic carbocycles. The van der Waals surface area contributed by atoms with Crippen molar-refractivity contribution in [2.24, 2.45) is 5.92 Å². The fraction of sp³-hybridized carbons (Fsp3) is 0.750. The summed E-state index contributed by atoms with van der Waals surface area (Å²) in [4.78, 5) is 1.49. The maximum atomic E-state index is 3.90. The minimum absolute atomic E-state index is 0.526. The summed E-state index contributed by atoms with van der Waals surface area (Å²) >= 11 is 1.88. The molecular weight excluding hydrogens is 238 g/mol. The van der Waals surface area contributed by atoms with Crippen molar-refractivity contribution in [3.63, 3.8) is 0 Å². The van der Waals surface area contributed by atoms with Gasteiger partial charge >= 0.3 is 0 Å². The van der Waals surface area contributed by atoms with Gasteiger partial charge in [-0.3, -0.25) is 0 Å². The molecular formula is C16H29NS. The van der Waals surface area contributed by atoms with E-state index in [0.717, 1.165) is 0 Å². The molecule has 2 heteroatoms. The molecule has 0 spiro atoms. The van der Waals surface area contributed by atoms with Gasteiger partial charge in [-0.05, 0) is 30.2 Å². The van der Waals surface area contributed by atoms with E-state index in [-0.39, 0.29) is 0 Å². The summed E-state index contributed by atoms with van der Waals surface area (Å²) in [6.07, 6.45) is 6.53. The molecule has 2 atom stereocenters. The second-order valence-corrected chi connectivity index (χ2v) is 6.51. The lowest BCUT2D eigenvalue weighted by Crippen LogP contribution is -2.35. The largest absolute Gasteiger partial charge is 0.306 e. The van der Waals surface area contributed by atoms with Crippen molar-refractivity contribution in [2.75, 3.05) is 0 Å². The maximum Gasteiger partial charge on any atom is 0.0440 e. The number of hydrogen-bond donors (Lipinski definition) is 1. The first kappa shape index (κ1) is 15.7. The molecule has 0 amide bonds. The molecule has 1 aromatic heterocycles. The molecule has 104 valence electrons. The summed E-state index contributed by atoms with van der Waals surface area (Å²) in [5.41, 5.74) is 0. The van der Waals surface area contributed by atoms with E-state index in [1.807, 2.05) is 11.3 Å². The molecule has 18 heavy (non-hydrogen) atoms. The second kappa shape index (κ2) is 8.71. The van der Waals surface area contributed by atoms with Gasteiger partial charge < -0.3 is 5.32 Å². The molecule has 0 fully saturated rings. The highest BCUT2D eigenvalue weighted by Crippen LogP contribution is 2.27. The predicted molar refractivity (Wildman–Crippen MR) is 83.3 cm³/mol. The fourth-order valence-electron chi connectivity index (χ4n) is 2.44. The van der Waals surface area contributed by atoms with E-state index < -0.39 is 0 Å². The van der Waals surface area contributed by atoms with Gasteiger partial charge in [0.05, 0.1) is 0 Å². The smallest absolute Gasteiger partial charge is 0.0440 e. The molecule has 1 rings (SSSR count). The van der Waals surface area contributed by atoms with Crippen molar-refractivity contribution in [1.82, 2.24) is 5.32 Å². The molecule has 0 bridgehead atoms. The van der Waals surface area contributed by atoms with Gasteiger partial charge in [-0.15, -0.1) is 11.3 Å². The number of unbranched alkanes of at least 4 members (excludes halogenated alkanes) is 1. The molecule has 1 heterocycles. The van der Waals surface area contributed by atoms with Gasteiger partial charge in [0.15, 0.2) is 0 Å². The van der Waals surface area contributed by atoms with Crippen LogP contribution in [0.25, 0.3) is 0 Å². The van der Waals surface area contributed by atoms with Crippen LogP contribution in [0.4, 0.5) is 0 Å². The van der Waals surface area contributed by atoms with Crippen molar-refractivity contribution in [2.45, 2.75) is 71.9 Å². The monoisotopic (exact) mass is 267 g/mol. The summed E-state index contributed by atoms with van der Waals surface area (Å²) in [6, 6.07) is 5.64. The number of rotatable bonds is 9. The van der Waals surface area contributed by atoms with Crippen LogP contribution in [0.1, 0.15) is 70.7 Å². The number of nitrogens with one attached hydrogen (secondary N) is 1. The van der Waals surface area contributed by atoms with Crippen LogP contribution in [-0.2, 0) is 0 Å². The Morgan fingerprint density at radius 3 is 2.44 bits per heavy atom. The molecule has 1 nitrogen and oxygen atoms in total. The Bertz CT molecular complexity index is 292. The highest BCUT2D eigenvalue weighted by Gasteiger charge is 2.20. The van der Waals surface area contributed by atoms with Gasteiger partial charge in [0.1, 0.15) is 0 Å².